The van der Waals surface area contributed by atoms with Crippen molar-refractivity contribution in [2.45, 2.75) is 0 Å². The SMILES string of the molecule is [O-]c1on[n+](-c2ccccc2)c1-c1ccccc1. The first-order valence-electron chi connectivity index (χ1n) is 5.56. The van der Waals surface area contributed by atoms with Gasteiger partial charge in [-0.3, -0.25) is 0 Å². The second-order valence-corrected chi connectivity index (χ2v) is 3.82. The molecule has 0 fully saturated rings. The van der Waals surface area contributed by atoms with Crippen LogP contribution < -0.4 is 9.79 Å². The third-order valence-corrected chi connectivity index (χ3v) is 2.66. The van der Waals surface area contributed by atoms with Crippen LogP contribution in [0.3, 0.4) is 0 Å². The van der Waals surface area contributed by atoms with Crippen molar-refractivity contribution in [1.82, 2.24) is 5.27 Å². The largest absolute Gasteiger partial charge is 0.539 e. The van der Waals surface area contributed by atoms with Crippen molar-refractivity contribution in [1.29, 1.82) is 0 Å². The summed E-state index contributed by atoms with van der Waals surface area (Å²) in [4.78, 5) is 0. The van der Waals surface area contributed by atoms with Gasteiger partial charge in [0.1, 0.15) is 0 Å². The van der Waals surface area contributed by atoms with E-state index >= 15 is 0 Å². The number of nitrogens with zero attached hydrogens (tertiary/aromatic N) is 2. The molecule has 0 saturated carbocycles. The van der Waals surface area contributed by atoms with Gasteiger partial charge in [0.05, 0.1) is 10.8 Å². The number of hydrogen-bond acceptors (Lipinski definition) is 3. The van der Waals surface area contributed by atoms with Gasteiger partial charge in [0.25, 0.3) is 5.69 Å². The van der Waals surface area contributed by atoms with E-state index in [1.807, 2.05) is 60.7 Å². The molecule has 0 unspecified atom stereocenters. The van der Waals surface area contributed by atoms with Crippen molar-refractivity contribution in [3.63, 3.8) is 0 Å². The van der Waals surface area contributed by atoms with Gasteiger partial charge in [-0.2, -0.15) is 0 Å². The van der Waals surface area contributed by atoms with E-state index in [1.165, 1.54) is 4.68 Å². The van der Waals surface area contributed by atoms with E-state index < -0.39 is 5.95 Å². The Hall–Kier alpha value is -2.62. The lowest BCUT2D eigenvalue weighted by atomic mass is 10.1. The van der Waals surface area contributed by atoms with Crippen LogP contribution in [0.15, 0.2) is 65.2 Å². The van der Waals surface area contributed by atoms with Gasteiger partial charge in [-0.25, -0.2) is 0 Å². The van der Waals surface area contributed by atoms with Gasteiger partial charge >= 0.3 is 0 Å². The van der Waals surface area contributed by atoms with Gasteiger partial charge in [0.15, 0.2) is 5.95 Å². The summed E-state index contributed by atoms with van der Waals surface area (Å²) < 4.78 is 6.27. The fourth-order valence-electron chi connectivity index (χ4n) is 1.83. The molecule has 88 valence electrons. The maximum atomic E-state index is 11.8. The molecule has 3 aromatic rings. The molecular weight excluding hydrogens is 228 g/mol. The van der Waals surface area contributed by atoms with Crippen molar-refractivity contribution in [3.05, 3.63) is 60.7 Å². The Kier molecular flexibility index (Phi) is 2.53. The summed E-state index contributed by atoms with van der Waals surface area (Å²) in [5, 5.41) is 15.6. The molecule has 0 saturated heterocycles. The van der Waals surface area contributed by atoms with Crippen LogP contribution in [0.1, 0.15) is 0 Å². The van der Waals surface area contributed by atoms with E-state index in [-0.39, 0.29) is 0 Å². The van der Waals surface area contributed by atoms with E-state index in [2.05, 4.69) is 5.27 Å². The van der Waals surface area contributed by atoms with Gasteiger partial charge in [-0.1, -0.05) is 36.4 Å². The Labute approximate surface area is 104 Å². The molecule has 0 N–H and O–H groups in total. The standard InChI is InChI=1S/C14H10N2O2/c17-14-13(11-7-3-1-4-8-11)16(15-18-14)12-9-5-2-6-10-12/h1-10H. The topological polar surface area (TPSA) is 53.0 Å². The molecule has 0 amide bonds. The van der Waals surface area contributed by atoms with E-state index in [0.717, 1.165) is 11.3 Å². The number of hydrogen-bond donors (Lipinski definition) is 0. The highest BCUT2D eigenvalue weighted by Crippen LogP contribution is 2.23. The quantitative estimate of drug-likeness (QED) is 0.638. The lowest BCUT2D eigenvalue weighted by Crippen LogP contribution is -2.34. The molecule has 1 heterocycles. The molecule has 0 spiro atoms. The van der Waals surface area contributed by atoms with E-state index in [4.69, 9.17) is 4.52 Å². The summed E-state index contributed by atoms with van der Waals surface area (Å²) in [5.41, 5.74) is 2.01. The van der Waals surface area contributed by atoms with Crippen molar-refractivity contribution in [2.24, 2.45) is 0 Å². The molecule has 0 radical (unpaired) electrons. The fourth-order valence-corrected chi connectivity index (χ4v) is 1.83. The van der Waals surface area contributed by atoms with Gasteiger partial charge in [0, 0.05) is 12.1 Å². The minimum Gasteiger partial charge on any atom is -0.539 e. The Balaban J connectivity index is 2.19. The maximum absolute atomic E-state index is 11.8. The van der Waals surface area contributed by atoms with E-state index in [1.54, 1.807) is 0 Å². The monoisotopic (exact) mass is 238 g/mol. The van der Waals surface area contributed by atoms with Gasteiger partial charge in [-0.15, -0.1) is 0 Å². The zero-order valence-corrected chi connectivity index (χ0v) is 9.48. The van der Waals surface area contributed by atoms with Gasteiger partial charge in [-0.05, 0) is 16.8 Å². The van der Waals surface area contributed by atoms with Gasteiger partial charge in [0.2, 0.25) is 5.69 Å². The highest BCUT2D eigenvalue weighted by atomic mass is 16.6. The summed E-state index contributed by atoms with van der Waals surface area (Å²) in [5.74, 6) is -0.440. The van der Waals surface area contributed by atoms with Crippen LogP contribution >= 0.6 is 0 Å². The van der Waals surface area contributed by atoms with Gasteiger partial charge < -0.3 is 9.63 Å². The highest BCUT2D eigenvalue weighted by molar-refractivity contribution is 5.59. The zero-order valence-electron chi connectivity index (χ0n) is 9.48. The summed E-state index contributed by atoms with van der Waals surface area (Å²) in [7, 11) is 0. The summed E-state index contributed by atoms with van der Waals surface area (Å²) in [6, 6.07) is 18.8. The summed E-state index contributed by atoms with van der Waals surface area (Å²) in [6.45, 7) is 0. The molecule has 4 heteroatoms. The molecule has 0 bridgehead atoms. The molecular formula is C14H10N2O2. The summed E-state index contributed by atoms with van der Waals surface area (Å²) >= 11 is 0. The van der Waals surface area contributed by atoms with Crippen LogP contribution in [0.4, 0.5) is 0 Å². The van der Waals surface area contributed by atoms with Crippen LogP contribution in [0.5, 0.6) is 5.95 Å². The molecule has 0 aliphatic rings. The third kappa shape index (κ3) is 1.73. The van der Waals surface area contributed by atoms with E-state index in [9.17, 15) is 5.11 Å². The van der Waals surface area contributed by atoms with Crippen LogP contribution in [0.25, 0.3) is 16.9 Å². The average Bonchev–Trinajstić information content (AvgIpc) is 2.83. The summed E-state index contributed by atoms with van der Waals surface area (Å²) in [6.07, 6.45) is 0. The smallest absolute Gasteiger partial charge is 0.270 e. The van der Waals surface area contributed by atoms with Crippen LogP contribution in [0.2, 0.25) is 0 Å². The van der Waals surface area contributed by atoms with Crippen molar-refractivity contribution < 1.29 is 14.3 Å². The third-order valence-electron chi connectivity index (χ3n) is 2.66. The maximum Gasteiger partial charge on any atom is 0.270 e. The highest BCUT2D eigenvalue weighted by Gasteiger charge is 2.21. The number of para-hydroxylation sites is 1. The lowest BCUT2D eigenvalue weighted by Gasteiger charge is -1.97. The molecule has 0 aliphatic carbocycles. The predicted molar refractivity (Wildman–Crippen MR) is 62.9 cm³/mol. The van der Waals surface area contributed by atoms with Crippen molar-refractivity contribution >= 4 is 0 Å². The predicted octanol–water partition coefficient (Wildman–Crippen LogP) is 1.69. The average molecular weight is 238 g/mol. The van der Waals surface area contributed by atoms with Crippen LogP contribution in [-0.2, 0) is 0 Å². The first kappa shape index (κ1) is 10.5. The molecule has 18 heavy (non-hydrogen) atoms. The molecule has 3 rings (SSSR count). The van der Waals surface area contributed by atoms with Crippen LogP contribution in [-0.4, -0.2) is 5.27 Å². The van der Waals surface area contributed by atoms with Crippen LogP contribution in [0, 0.1) is 0 Å². The van der Waals surface area contributed by atoms with Crippen molar-refractivity contribution in [3.8, 4) is 22.9 Å². The lowest BCUT2D eigenvalue weighted by molar-refractivity contribution is -0.660. The number of benzene rings is 2. The molecule has 1 aromatic heterocycles. The second kappa shape index (κ2) is 4.33. The minimum atomic E-state index is -0.440. The number of aromatic nitrogens is 2. The normalized spacial score (nSPS) is 10.4. The molecule has 4 nitrogen and oxygen atoms in total. The fraction of sp³-hybridized carbons (Fsp3) is 0. The molecule has 2 aromatic carbocycles. The molecule has 0 atom stereocenters. The first-order chi connectivity index (χ1) is 8.86. The Morgan fingerprint density at radius 2 is 1.50 bits per heavy atom. The van der Waals surface area contributed by atoms with E-state index in [0.29, 0.717) is 5.69 Å². The first-order valence-corrected chi connectivity index (χ1v) is 5.56. The second-order valence-electron chi connectivity index (χ2n) is 3.82. The Morgan fingerprint density at radius 1 is 0.889 bits per heavy atom. The number of rotatable bonds is 2. The Bertz CT molecular complexity index is 648. The Morgan fingerprint density at radius 3 is 2.17 bits per heavy atom. The zero-order chi connectivity index (χ0) is 12.4. The van der Waals surface area contributed by atoms with Crippen molar-refractivity contribution in [2.75, 3.05) is 0 Å². The molecule has 0 aliphatic heterocycles. The minimum absolute atomic E-state index is 0.432.